The summed E-state index contributed by atoms with van der Waals surface area (Å²) in [5.41, 5.74) is 6.91. The molecule has 0 saturated heterocycles. The van der Waals surface area contributed by atoms with Crippen LogP contribution in [0.25, 0.3) is 0 Å². The van der Waals surface area contributed by atoms with Gasteiger partial charge in [-0.1, -0.05) is 23.4 Å². The monoisotopic (exact) mass is 333 g/mol. The first kappa shape index (κ1) is 17.0. The Bertz CT molecular complexity index is 696. The van der Waals surface area contributed by atoms with Crippen molar-refractivity contribution in [3.63, 3.8) is 0 Å². The van der Waals surface area contributed by atoms with Gasteiger partial charge in [0.2, 0.25) is 11.8 Å². The topological polar surface area (TPSA) is 90.5 Å². The number of nitrogens with zero attached hydrogens (tertiary/aromatic N) is 2. The van der Waals surface area contributed by atoms with Crippen molar-refractivity contribution in [3.05, 3.63) is 46.6 Å². The predicted octanol–water partition coefficient (Wildman–Crippen LogP) is 1.50. The van der Waals surface area contributed by atoms with Crippen molar-refractivity contribution < 1.29 is 14.6 Å². The third-order valence-electron chi connectivity index (χ3n) is 2.66. The van der Waals surface area contributed by atoms with Gasteiger partial charge in [0.25, 0.3) is 0 Å². The Labute approximate surface area is 139 Å². The summed E-state index contributed by atoms with van der Waals surface area (Å²) in [6.45, 7) is 0.831. The van der Waals surface area contributed by atoms with E-state index in [0.717, 1.165) is 5.56 Å². The summed E-state index contributed by atoms with van der Waals surface area (Å²) in [6, 6.07) is 7.16. The first-order valence-electron chi connectivity index (χ1n) is 6.90. The highest BCUT2D eigenvalue weighted by Gasteiger charge is 2.05. The summed E-state index contributed by atoms with van der Waals surface area (Å²) in [5, 5.41) is 9.28. The molecule has 0 aliphatic carbocycles. The number of halogens is 1. The molecule has 6 nitrogen and oxygen atoms in total. The Morgan fingerprint density at radius 1 is 1.13 bits per heavy atom. The lowest BCUT2D eigenvalue weighted by atomic mass is 10.2. The molecule has 0 aliphatic heterocycles. The van der Waals surface area contributed by atoms with Gasteiger partial charge in [0.05, 0.1) is 26.0 Å². The van der Waals surface area contributed by atoms with Gasteiger partial charge in [-0.2, -0.15) is 4.98 Å². The highest BCUT2D eigenvalue weighted by molar-refractivity contribution is 6.30. The van der Waals surface area contributed by atoms with Crippen molar-refractivity contribution >= 4 is 17.5 Å². The van der Waals surface area contributed by atoms with Gasteiger partial charge in [-0.05, 0) is 24.3 Å². The molecular weight excluding hydrogens is 318 g/mol. The molecule has 2 aromatic rings. The van der Waals surface area contributed by atoms with Crippen molar-refractivity contribution in [2.24, 2.45) is 0 Å². The fourth-order valence-electron chi connectivity index (χ4n) is 1.61. The number of rotatable bonds is 6. The molecule has 1 aromatic heterocycles. The minimum atomic E-state index is -0.0295. The standard InChI is InChI=1S/C16H16ClN3O3/c17-14-5-2-12(3-6-14)1-4-13-11-19-16(18)20-15(13)23-10-9-22-8-7-21/h2-3,5-6,11,21H,7-10H2,(H2,18,19,20). The molecule has 120 valence electrons. The van der Waals surface area contributed by atoms with E-state index in [1.807, 2.05) is 12.1 Å². The van der Waals surface area contributed by atoms with Gasteiger partial charge in [-0.25, -0.2) is 4.98 Å². The first-order valence-corrected chi connectivity index (χ1v) is 7.28. The van der Waals surface area contributed by atoms with Crippen LogP contribution in [-0.4, -0.2) is 41.5 Å². The lowest BCUT2D eigenvalue weighted by Gasteiger charge is -2.07. The molecule has 23 heavy (non-hydrogen) atoms. The zero-order valence-electron chi connectivity index (χ0n) is 12.3. The molecule has 0 amide bonds. The predicted molar refractivity (Wildman–Crippen MR) is 87.3 cm³/mol. The maximum absolute atomic E-state index is 8.63. The summed E-state index contributed by atoms with van der Waals surface area (Å²) >= 11 is 5.84. The third-order valence-corrected chi connectivity index (χ3v) is 2.91. The molecule has 0 atom stereocenters. The first-order chi connectivity index (χ1) is 11.2. The van der Waals surface area contributed by atoms with E-state index in [-0.39, 0.29) is 25.8 Å². The van der Waals surface area contributed by atoms with E-state index in [2.05, 4.69) is 21.8 Å². The quantitative estimate of drug-likeness (QED) is 0.615. The summed E-state index contributed by atoms with van der Waals surface area (Å²) in [7, 11) is 0. The highest BCUT2D eigenvalue weighted by Crippen LogP contribution is 2.15. The average Bonchev–Trinajstić information content (AvgIpc) is 2.55. The van der Waals surface area contributed by atoms with Gasteiger partial charge in [0.1, 0.15) is 12.2 Å². The highest BCUT2D eigenvalue weighted by atomic mass is 35.5. The van der Waals surface area contributed by atoms with E-state index >= 15 is 0 Å². The van der Waals surface area contributed by atoms with Crippen molar-refractivity contribution in [2.45, 2.75) is 0 Å². The second kappa shape index (κ2) is 8.96. The van der Waals surface area contributed by atoms with Gasteiger partial charge in [0.15, 0.2) is 0 Å². The second-order valence-corrected chi connectivity index (χ2v) is 4.82. The van der Waals surface area contributed by atoms with Crippen LogP contribution in [0, 0.1) is 11.8 Å². The molecular formula is C16H16ClN3O3. The maximum Gasteiger partial charge on any atom is 0.234 e. The van der Waals surface area contributed by atoms with Crippen molar-refractivity contribution in [1.29, 1.82) is 0 Å². The van der Waals surface area contributed by atoms with Crippen LogP contribution in [0.1, 0.15) is 11.1 Å². The fraction of sp³-hybridized carbons (Fsp3) is 0.250. The zero-order chi connectivity index (χ0) is 16.5. The van der Waals surface area contributed by atoms with Gasteiger partial charge < -0.3 is 20.3 Å². The minimum Gasteiger partial charge on any atom is -0.474 e. The summed E-state index contributed by atoms with van der Waals surface area (Å²) in [4.78, 5) is 7.96. The largest absolute Gasteiger partial charge is 0.474 e. The van der Waals surface area contributed by atoms with Crippen LogP contribution < -0.4 is 10.5 Å². The van der Waals surface area contributed by atoms with Crippen LogP contribution in [0.4, 0.5) is 5.95 Å². The van der Waals surface area contributed by atoms with Crippen LogP contribution in [0.15, 0.2) is 30.5 Å². The van der Waals surface area contributed by atoms with E-state index in [4.69, 9.17) is 31.9 Å². The number of aliphatic hydroxyl groups is 1. The number of hydrogen-bond acceptors (Lipinski definition) is 6. The lowest BCUT2D eigenvalue weighted by Crippen LogP contribution is -2.11. The molecule has 2 rings (SSSR count). The summed E-state index contributed by atoms with van der Waals surface area (Å²) in [5.74, 6) is 6.34. The van der Waals surface area contributed by atoms with Gasteiger partial charge >= 0.3 is 0 Å². The molecule has 7 heteroatoms. The minimum absolute atomic E-state index is 0.0295. The number of aliphatic hydroxyl groups excluding tert-OH is 1. The van der Waals surface area contributed by atoms with Crippen molar-refractivity contribution in [3.8, 4) is 17.7 Å². The molecule has 0 fully saturated rings. The van der Waals surface area contributed by atoms with Crippen LogP contribution in [0.2, 0.25) is 5.02 Å². The molecule has 0 bridgehead atoms. The second-order valence-electron chi connectivity index (χ2n) is 4.39. The number of ether oxygens (including phenoxy) is 2. The number of nitrogen functional groups attached to an aromatic ring is 1. The number of hydrogen-bond donors (Lipinski definition) is 2. The van der Waals surface area contributed by atoms with Gasteiger partial charge in [-0.15, -0.1) is 0 Å². The molecule has 1 heterocycles. The van der Waals surface area contributed by atoms with Crippen LogP contribution in [0.3, 0.4) is 0 Å². The number of benzene rings is 1. The van der Waals surface area contributed by atoms with Crippen molar-refractivity contribution in [2.75, 3.05) is 32.2 Å². The number of nitrogens with two attached hydrogens (primary N) is 1. The zero-order valence-corrected chi connectivity index (χ0v) is 13.1. The molecule has 3 N–H and O–H groups in total. The van der Waals surface area contributed by atoms with Crippen molar-refractivity contribution in [1.82, 2.24) is 9.97 Å². The van der Waals surface area contributed by atoms with E-state index in [9.17, 15) is 0 Å². The molecule has 1 aromatic carbocycles. The third kappa shape index (κ3) is 5.75. The molecule has 0 unspecified atom stereocenters. The Morgan fingerprint density at radius 2 is 1.91 bits per heavy atom. The number of aromatic nitrogens is 2. The average molecular weight is 334 g/mol. The smallest absolute Gasteiger partial charge is 0.234 e. The summed E-state index contributed by atoms with van der Waals surface area (Å²) in [6.07, 6.45) is 1.51. The Hall–Kier alpha value is -2.33. The Balaban J connectivity index is 2.07. The Kier molecular flexibility index (Phi) is 6.63. The fourth-order valence-corrected chi connectivity index (χ4v) is 1.74. The van der Waals surface area contributed by atoms with E-state index in [0.29, 0.717) is 23.1 Å². The lowest BCUT2D eigenvalue weighted by molar-refractivity contribution is 0.0694. The van der Waals surface area contributed by atoms with Crippen LogP contribution in [0.5, 0.6) is 5.88 Å². The summed E-state index contributed by atoms with van der Waals surface area (Å²) < 4.78 is 10.6. The van der Waals surface area contributed by atoms with E-state index in [1.54, 1.807) is 12.1 Å². The normalized spacial score (nSPS) is 10.0. The number of anilines is 1. The SMILES string of the molecule is Nc1ncc(C#Cc2ccc(Cl)cc2)c(OCCOCCO)n1. The van der Waals surface area contributed by atoms with E-state index in [1.165, 1.54) is 6.20 Å². The van der Waals surface area contributed by atoms with E-state index < -0.39 is 0 Å². The maximum atomic E-state index is 8.63. The molecule has 0 radical (unpaired) electrons. The van der Waals surface area contributed by atoms with Crippen LogP contribution in [-0.2, 0) is 4.74 Å². The van der Waals surface area contributed by atoms with Crippen LogP contribution >= 0.6 is 11.6 Å². The van der Waals surface area contributed by atoms with Gasteiger partial charge in [-0.3, -0.25) is 0 Å². The van der Waals surface area contributed by atoms with Gasteiger partial charge in [0, 0.05) is 10.6 Å². The molecule has 0 aliphatic rings. The molecule has 0 spiro atoms. The Morgan fingerprint density at radius 3 is 2.65 bits per heavy atom. The molecule has 0 saturated carbocycles.